The maximum atomic E-state index is 13.1. The van der Waals surface area contributed by atoms with Gasteiger partial charge in [-0.15, -0.1) is 11.8 Å². The minimum absolute atomic E-state index is 0.0676. The van der Waals surface area contributed by atoms with Gasteiger partial charge in [-0.05, 0) is 36.6 Å². The number of nitrogens with one attached hydrogen (secondary N) is 1. The maximum absolute atomic E-state index is 13.1. The van der Waals surface area contributed by atoms with Gasteiger partial charge in [0, 0.05) is 28.9 Å². The number of rotatable bonds is 10. The predicted octanol–water partition coefficient (Wildman–Crippen LogP) is 5.17. The van der Waals surface area contributed by atoms with Gasteiger partial charge in [0.15, 0.2) is 0 Å². The molecule has 0 saturated heterocycles. The van der Waals surface area contributed by atoms with Crippen molar-refractivity contribution < 1.29 is 9.59 Å². The van der Waals surface area contributed by atoms with Gasteiger partial charge in [-0.1, -0.05) is 66.5 Å². The Labute approximate surface area is 187 Å². The molecule has 0 aliphatic rings. The summed E-state index contributed by atoms with van der Waals surface area (Å²) in [5.41, 5.74) is 1.92. The van der Waals surface area contributed by atoms with Crippen molar-refractivity contribution in [2.45, 2.75) is 38.6 Å². The van der Waals surface area contributed by atoms with Gasteiger partial charge in [0.2, 0.25) is 11.8 Å². The molecule has 156 valence electrons. The van der Waals surface area contributed by atoms with Crippen LogP contribution in [-0.4, -0.2) is 35.1 Å². The molecule has 1 N–H and O–H groups in total. The third-order valence-electron chi connectivity index (χ3n) is 4.43. The average molecular weight is 453 g/mol. The van der Waals surface area contributed by atoms with Gasteiger partial charge in [0.1, 0.15) is 6.04 Å². The van der Waals surface area contributed by atoms with Crippen LogP contribution in [0.1, 0.15) is 31.4 Å². The summed E-state index contributed by atoms with van der Waals surface area (Å²) in [4.78, 5) is 27.3. The van der Waals surface area contributed by atoms with Crippen LogP contribution in [0.2, 0.25) is 10.0 Å². The Balaban J connectivity index is 2.09. The molecule has 0 aliphatic heterocycles. The van der Waals surface area contributed by atoms with Gasteiger partial charge >= 0.3 is 0 Å². The lowest BCUT2D eigenvalue weighted by Crippen LogP contribution is -2.49. The van der Waals surface area contributed by atoms with E-state index < -0.39 is 6.04 Å². The zero-order valence-corrected chi connectivity index (χ0v) is 19.0. The van der Waals surface area contributed by atoms with Crippen LogP contribution in [0, 0.1) is 0 Å². The fourth-order valence-corrected chi connectivity index (χ4v) is 4.43. The first-order valence-corrected chi connectivity index (χ1v) is 11.5. The molecule has 2 amide bonds. The van der Waals surface area contributed by atoms with Gasteiger partial charge in [0.05, 0.1) is 5.75 Å². The topological polar surface area (TPSA) is 49.4 Å². The molecule has 0 aromatic heterocycles. The molecular formula is C22H26Cl2N2O2S. The monoisotopic (exact) mass is 452 g/mol. The second-order valence-corrected chi connectivity index (χ2v) is 8.38. The van der Waals surface area contributed by atoms with Crippen LogP contribution in [0.25, 0.3) is 0 Å². The zero-order chi connectivity index (χ0) is 21.2. The SMILES string of the molecule is CCNC(=O)[C@@H](CC)N(Cc1ccccc1)C(=O)CSCc1ccc(Cl)cc1Cl. The third kappa shape index (κ3) is 7.25. The number of likely N-dealkylation sites (N-methyl/N-ethyl adjacent to an activating group) is 1. The Morgan fingerprint density at radius 3 is 2.45 bits per heavy atom. The summed E-state index contributed by atoms with van der Waals surface area (Å²) in [6.45, 7) is 4.73. The minimum Gasteiger partial charge on any atom is -0.355 e. The molecule has 7 heteroatoms. The Kier molecular flexibility index (Phi) is 9.85. The number of carbonyl (C=O) groups excluding carboxylic acids is 2. The van der Waals surface area contributed by atoms with Crippen LogP contribution >= 0.6 is 35.0 Å². The molecule has 0 fully saturated rings. The predicted molar refractivity (Wildman–Crippen MR) is 122 cm³/mol. The first-order valence-electron chi connectivity index (χ1n) is 9.59. The van der Waals surface area contributed by atoms with E-state index in [9.17, 15) is 9.59 Å². The van der Waals surface area contributed by atoms with Gasteiger partial charge in [-0.25, -0.2) is 0 Å². The van der Waals surface area contributed by atoms with E-state index >= 15 is 0 Å². The van der Waals surface area contributed by atoms with Crippen LogP contribution in [0.15, 0.2) is 48.5 Å². The molecule has 2 aromatic carbocycles. The van der Waals surface area contributed by atoms with Crippen molar-refractivity contribution in [1.82, 2.24) is 10.2 Å². The van der Waals surface area contributed by atoms with Gasteiger partial charge in [0.25, 0.3) is 0 Å². The van der Waals surface area contributed by atoms with E-state index in [1.165, 1.54) is 11.8 Å². The third-order valence-corrected chi connectivity index (χ3v) is 5.98. The van der Waals surface area contributed by atoms with Crippen LogP contribution in [0.3, 0.4) is 0 Å². The molecule has 2 rings (SSSR count). The molecule has 2 aromatic rings. The minimum atomic E-state index is -0.498. The number of halogens is 2. The number of hydrogen-bond acceptors (Lipinski definition) is 3. The van der Waals surface area contributed by atoms with Crippen molar-refractivity contribution in [3.05, 3.63) is 69.7 Å². The van der Waals surface area contributed by atoms with Gasteiger partial charge in [-0.3, -0.25) is 9.59 Å². The summed E-state index contributed by atoms with van der Waals surface area (Å²) in [6.07, 6.45) is 0.554. The molecule has 29 heavy (non-hydrogen) atoms. The quantitative estimate of drug-likeness (QED) is 0.540. The molecule has 0 bridgehead atoms. The molecule has 1 atom stereocenters. The molecule has 0 spiro atoms. The van der Waals surface area contributed by atoms with Crippen LogP contribution < -0.4 is 5.32 Å². The Hall–Kier alpha value is -1.69. The summed E-state index contributed by atoms with van der Waals surface area (Å²) < 4.78 is 0. The number of thioether (sulfide) groups is 1. The second kappa shape index (κ2) is 12.1. The summed E-state index contributed by atoms with van der Waals surface area (Å²) >= 11 is 13.6. The highest BCUT2D eigenvalue weighted by Gasteiger charge is 2.28. The number of nitrogens with zero attached hydrogens (tertiary/aromatic N) is 1. The molecule has 4 nitrogen and oxygen atoms in total. The van der Waals surface area contributed by atoms with E-state index in [1.807, 2.05) is 50.2 Å². The average Bonchev–Trinajstić information content (AvgIpc) is 2.70. The number of hydrogen-bond donors (Lipinski definition) is 1. The van der Waals surface area contributed by atoms with Gasteiger partial charge < -0.3 is 10.2 Å². The molecule has 0 radical (unpaired) electrons. The van der Waals surface area contributed by atoms with Crippen molar-refractivity contribution in [2.24, 2.45) is 0 Å². The highest BCUT2D eigenvalue weighted by molar-refractivity contribution is 7.99. The smallest absolute Gasteiger partial charge is 0.242 e. The number of amides is 2. The fourth-order valence-electron chi connectivity index (χ4n) is 2.96. The Morgan fingerprint density at radius 1 is 1.10 bits per heavy atom. The van der Waals surface area contributed by atoms with E-state index in [0.29, 0.717) is 35.3 Å². The molecule has 0 unspecified atom stereocenters. The number of carbonyl (C=O) groups is 2. The molecular weight excluding hydrogens is 427 g/mol. The van der Waals surface area contributed by atoms with Crippen LogP contribution in [0.5, 0.6) is 0 Å². The van der Waals surface area contributed by atoms with Crippen LogP contribution in [-0.2, 0) is 21.9 Å². The summed E-state index contributed by atoms with van der Waals surface area (Å²) in [6, 6.07) is 14.6. The first kappa shape index (κ1) is 23.6. The summed E-state index contributed by atoms with van der Waals surface area (Å²) in [7, 11) is 0. The highest BCUT2D eigenvalue weighted by Crippen LogP contribution is 2.25. The maximum Gasteiger partial charge on any atom is 0.242 e. The highest BCUT2D eigenvalue weighted by atomic mass is 35.5. The largest absolute Gasteiger partial charge is 0.355 e. The van der Waals surface area contributed by atoms with Crippen molar-refractivity contribution in [1.29, 1.82) is 0 Å². The van der Waals surface area contributed by atoms with E-state index in [4.69, 9.17) is 23.2 Å². The Bertz CT molecular complexity index is 818. The van der Waals surface area contributed by atoms with Crippen molar-refractivity contribution in [2.75, 3.05) is 12.3 Å². The second-order valence-electron chi connectivity index (χ2n) is 6.55. The molecule has 0 saturated carbocycles. The lowest BCUT2D eigenvalue weighted by Gasteiger charge is -2.30. The van der Waals surface area contributed by atoms with E-state index in [1.54, 1.807) is 17.0 Å². The Morgan fingerprint density at radius 2 is 1.83 bits per heavy atom. The van der Waals surface area contributed by atoms with E-state index in [0.717, 1.165) is 11.1 Å². The van der Waals surface area contributed by atoms with Crippen molar-refractivity contribution >= 4 is 46.8 Å². The zero-order valence-electron chi connectivity index (χ0n) is 16.7. The lowest BCUT2D eigenvalue weighted by atomic mass is 10.1. The first-order chi connectivity index (χ1) is 14.0. The normalized spacial score (nSPS) is 11.7. The molecule has 0 aliphatic carbocycles. The van der Waals surface area contributed by atoms with E-state index in [-0.39, 0.29) is 17.6 Å². The van der Waals surface area contributed by atoms with Crippen LogP contribution in [0.4, 0.5) is 0 Å². The standard InChI is InChI=1S/C22H26Cl2N2O2S/c1-3-20(22(28)25-4-2)26(13-16-8-6-5-7-9-16)21(27)15-29-14-17-10-11-18(23)12-19(17)24/h5-12,20H,3-4,13-15H2,1-2H3,(H,25,28)/t20-/m1/s1. The summed E-state index contributed by atoms with van der Waals surface area (Å²) in [5.74, 6) is 0.674. The summed E-state index contributed by atoms with van der Waals surface area (Å²) in [5, 5.41) is 4.02. The van der Waals surface area contributed by atoms with Gasteiger partial charge in [-0.2, -0.15) is 0 Å². The van der Waals surface area contributed by atoms with E-state index in [2.05, 4.69) is 5.32 Å². The lowest BCUT2D eigenvalue weighted by molar-refractivity contribution is -0.139. The van der Waals surface area contributed by atoms with Crippen molar-refractivity contribution in [3.63, 3.8) is 0 Å². The number of benzene rings is 2. The fraction of sp³-hybridized carbons (Fsp3) is 0.364. The molecule has 0 heterocycles. The van der Waals surface area contributed by atoms with Crippen molar-refractivity contribution in [3.8, 4) is 0 Å².